The van der Waals surface area contributed by atoms with Gasteiger partial charge in [-0.2, -0.15) is 5.10 Å². The largest absolute Gasteiger partial charge is 0.471 e. The molecule has 1 N–H and O–H groups in total. The van der Waals surface area contributed by atoms with Gasteiger partial charge in [0.1, 0.15) is 11.4 Å². The normalized spacial score (nSPS) is 12.2. The highest BCUT2D eigenvalue weighted by atomic mass is 35.5. The summed E-state index contributed by atoms with van der Waals surface area (Å²) in [4.78, 5) is 15.3. The summed E-state index contributed by atoms with van der Waals surface area (Å²) < 4.78 is 7.30. The van der Waals surface area contributed by atoms with Crippen molar-refractivity contribution < 1.29 is 9.53 Å². The highest BCUT2D eigenvalue weighted by Gasteiger charge is 2.17. The minimum Gasteiger partial charge on any atom is -0.471 e. The molecule has 0 saturated carbocycles. The monoisotopic (exact) mass is 448 g/mol. The molecule has 0 radical (unpaired) electrons. The average molecular weight is 449 g/mol. The van der Waals surface area contributed by atoms with Crippen LogP contribution in [-0.2, 0) is 6.73 Å². The molecule has 31 heavy (non-hydrogen) atoms. The average Bonchev–Trinajstić information content (AvgIpc) is 3.22. The SMILES string of the molecule is CCCCCN(CCCCC)CC(C)NC(=O)c1ccnn1COc1ccc(Cl)cc1. The number of halogens is 1. The van der Waals surface area contributed by atoms with Gasteiger partial charge in [0.25, 0.3) is 5.91 Å². The predicted molar refractivity (Wildman–Crippen MR) is 127 cm³/mol. The number of aromatic nitrogens is 2. The number of hydrogen-bond donors (Lipinski definition) is 1. The highest BCUT2D eigenvalue weighted by molar-refractivity contribution is 6.30. The van der Waals surface area contributed by atoms with E-state index in [9.17, 15) is 4.79 Å². The fourth-order valence-corrected chi connectivity index (χ4v) is 3.62. The third-order valence-electron chi connectivity index (χ3n) is 5.18. The highest BCUT2D eigenvalue weighted by Crippen LogP contribution is 2.16. The minimum atomic E-state index is -0.133. The standard InChI is InChI=1S/C24H37ClN4O2/c1-4-6-8-16-28(17-9-7-5-2)18-20(3)27-24(30)23-14-15-26-29(23)19-31-22-12-10-21(25)11-13-22/h10-15,20H,4-9,16-19H2,1-3H3,(H,27,30). The molecule has 2 rings (SSSR count). The molecule has 0 spiro atoms. The Labute approximate surface area is 191 Å². The van der Waals surface area contributed by atoms with Crippen molar-refractivity contribution in [3.05, 3.63) is 47.2 Å². The Morgan fingerprint density at radius 2 is 1.74 bits per heavy atom. The van der Waals surface area contributed by atoms with Gasteiger partial charge in [0.15, 0.2) is 6.73 Å². The Hall–Kier alpha value is -2.05. The predicted octanol–water partition coefficient (Wildman–Crippen LogP) is 5.37. The van der Waals surface area contributed by atoms with Gasteiger partial charge in [-0.1, -0.05) is 51.1 Å². The molecule has 0 aliphatic carbocycles. The molecule has 1 amide bonds. The van der Waals surface area contributed by atoms with Crippen molar-refractivity contribution in [2.75, 3.05) is 19.6 Å². The van der Waals surface area contributed by atoms with Crippen LogP contribution in [0.3, 0.4) is 0 Å². The lowest BCUT2D eigenvalue weighted by atomic mass is 10.2. The number of benzene rings is 1. The second kappa shape index (κ2) is 14.1. The summed E-state index contributed by atoms with van der Waals surface area (Å²) in [6, 6.07) is 8.88. The smallest absolute Gasteiger partial charge is 0.269 e. The summed E-state index contributed by atoms with van der Waals surface area (Å²) in [5.74, 6) is 0.543. The summed E-state index contributed by atoms with van der Waals surface area (Å²) in [6.45, 7) is 9.71. The van der Waals surface area contributed by atoms with E-state index in [0.717, 1.165) is 19.6 Å². The Morgan fingerprint density at radius 1 is 1.10 bits per heavy atom. The van der Waals surface area contributed by atoms with Gasteiger partial charge in [-0.15, -0.1) is 0 Å². The number of nitrogens with one attached hydrogen (secondary N) is 1. The number of carbonyl (C=O) groups is 1. The number of unbranched alkanes of at least 4 members (excludes halogenated alkanes) is 4. The van der Waals surface area contributed by atoms with Crippen LogP contribution in [-0.4, -0.2) is 46.3 Å². The fourth-order valence-electron chi connectivity index (χ4n) is 3.49. The fraction of sp³-hybridized carbons (Fsp3) is 0.583. The molecule has 0 aliphatic rings. The molecule has 1 atom stereocenters. The summed E-state index contributed by atoms with van der Waals surface area (Å²) in [5, 5.41) is 8.01. The van der Waals surface area contributed by atoms with Gasteiger partial charge in [-0.05, 0) is 63.2 Å². The third-order valence-corrected chi connectivity index (χ3v) is 5.43. The van der Waals surface area contributed by atoms with Crippen LogP contribution >= 0.6 is 11.6 Å². The number of nitrogens with zero attached hydrogens (tertiary/aromatic N) is 3. The van der Waals surface area contributed by atoms with Crippen LogP contribution in [0, 0.1) is 0 Å². The van der Waals surface area contributed by atoms with Crippen LogP contribution in [0.2, 0.25) is 5.02 Å². The first-order chi connectivity index (χ1) is 15.0. The van der Waals surface area contributed by atoms with Crippen LogP contribution in [0.1, 0.15) is 69.8 Å². The van der Waals surface area contributed by atoms with E-state index in [4.69, 9.17) is 16.3 Å². The number of rotatable bonds is 15. The van der Waals surface area contributed by atoms with Crippen molar-refractivity contribution in [1.29, 1.82) is 0 Å². The second-order valence-electron chi connectivity index (χ2n) is 8.03. The molecular formula is C24H37ClN4O2. The maximum Gasteiger partial charge on any atom is 0.269 e. The van der Waals surface area contributed by atoms with Crippen molar-refractivity contribution in [1.82, 2.24) is 20.0 Å². The summed E-state index contributed by atoms with van der Waals surface area (Å²) in [7, 11) is 0. The summed E-state index contributed by atoms with van der Waals surface area (Å²) in [5.41, 5.74) is 0.490. The Bertz CT molecular complexity index is 753. The molecular weight excluding hydrogens is 412 g/mol. The molecule has 7 heteroatoms. The quantitative estimate of drug-likeness (QED) is 0.372. The van der Waals surface area contributed by atoms with E-state index in [1.54, 1.807) is 41.2 Å². The maximum atomic E-state index is 12.8. The van der Waals surface area contributed by atoms with Crippen LogP contribution in [0.25, 0.3) is 0 Å². The number of amides is 1. The first kappa shape index (κ1) is 25.2. The van der Waals surface area contributed by atoms with E-state index in [0.29, 0.717) is 16.5 Å². The molecule has 0 aliphatic heterocycles. The lowest BCUT2D eigenvalue weighted by molar-refractivity contribution is 0.0907. The number of carbonyl (C=O) groups excluding carboxylic acids is 1. The van der Waals surface area contributed by atoms with Gasteiger partial charge < -0.3 is 15.0 Å². The van der Waals surface area contributed by atoms with Crippen LogP contribution < -0.4 is 10.1 Å². The van der Waals surface area contributed by atoms with E-state index < -0.39 is 0 Å². The molecule has 6 nitrogen and oxygen atoms in total. The lowest BCUT2D eigenvalue weighted by Gasteiger charge is -2.26. The number of hydrogen-bond acceptors (Lipinski definition) is 4. The van der Waals surface area contributed by atoms with Gasteiger partial charge in [0, 0.05) is 23.8 Å². The first-order valence-electron chi connectivity index (χ1n) is 11.5. The van der Waals surface area contributed by atoms with Gasteiger partial charge >= 0.3 is 0 Å². The topological polar surface area (TPSA) is 59.4 Å². The van der Waals surface area contributed by atoms with E-state index in [2.05, 4.69) is 36.1 Å². The van der Waals surface area contributed by atoms with Gasteiger partial charge in [0.2, 0.25) is 0 Å². The molecule has 2 aromatic rings. The van der Waals surface area contributed by atoms with Crippen molar-refractivity contribution in [2.45, 2.75) is 72.1 Å². The summed E-state index contributed by atoms with van der Waals surface area (Å²) in [6.07, 6.45) is 8.97. The minimum absolute atomic E-state index is 0.0521. The maximum absolute atomic E-state index is 12.8. The zero-order valence-electron chi connectivity index (χ0n) is 19.1. The van der Waals surface area contributed by atoms with Crippen molar-refractivity contribution in [3.63, 3.8) is 0 Å². The van der Waals surface area contributed by atoms with E-state index in [-0.39, 0.29) is 18.7 Å². The van der Waals surface area contributed by atoms with Crippen LogP contribution in [0.5, 0.6) is 5.75 Å². The van der Waals surface area contributed by atoms with Crippen molar-refractivity contribution in [2.24, 2.45) is 0 Å². The first-order valence-corrected chi connectivity index (χ1v) is 11.8. The molecule has 1 heterocycles. The Morgan fingerprint density at radius 3 is 2.35 bits per heavy atom. The second-order valence-corrected chi connectivity index (χ2v) is 8.47. The molecule has 0 bridgehead atoms. The Balaban J connectivity index is 1.87. The third kappa shape index (κ3) is 9.32. The van der Waals surface area contributed by atoms with Crippen LogP contribution in [0.4, 0.5) is 0 Å². The van der Waals surface area contributed by atoms with Gasteiger partial charge in [-0.25, -0.2) is 4.68 Å². The van der Waals surface area contributed by atoms with E-state index in [1.165, 1.54) is 38.5 Å². The zero-order chi connectivity index (χ0) is 22.5. The van der Waals surface area contributed by atoms with Crippen LogP contribution in [0.15, 0.2) is 36.5 Å². The molecule has 0 fully saturated rings. The van der Waals surface area contributed by atoms with Crippen molar-refractivity contribution >= 4 is 17.5 Å². The molecule has 1 unspecified atom stereocenters. The molecule has 0 saturated heterocycles. The Kier molecular flexibility index (Phi) is 11.5. The van der Waals surface area contributed by atoms with Gasteiger partial charge in [-0.3, -0.25) is 4.79 Å². The lowest BCUT2D eigenvalue weighted by Crippen LogP contribution is -2.43. The van der Waals surface area contributed by atoms with Crippen molar-refractivity contribution in [3.8, 4) is 5.75 Å². The summed E-state index contributed by atoms with van der Waals surface area (Å²) >= 11 is 5.90. The molecule has 1 aromatic heterocycles. The molecule has 1 aromatic carbocycles. The van der Waals surface area contributed by atoms with E-state index >= 15 is 0 Å². The molecule has 172 valence electrons. The van der Waals surface area contributed by atoms with E-state index in [1.807, 2.05) is 0 Å². The zero-order valence-corrected chi connectivity index (χ0v) is 19.9. The van der Waals surface area contributed by atoms with Gasteiger partial charge in [0.05, 0.1) is 0 Å². The number of ether oxygens (including phenoxy) is 1.